The molecule has 100 valence electrons. The van der Waals surface area contributed by atoms with Gasteiger partial charge in [0.2, 0.25) is 0 Å². The molecule has 2 rings (SSSR count). The Labute approximate surface area is 130 Å². The van der Waals surface area contributed by atoms with Gasteiger partial charge in [-0.3, -0.25) is 4.79 Å². The predicted octanol–water partition coefficient (Wildman–Crippen LogP) is 4.53. The van der Waals surface area contributed by atoms with Crippen LogP contribution in [0, 0.1) is 18.3 Å². The first-order chi connectivity index (χ1) is 9.51. The first kappa shape index (κ1) is 14.6. The van der Waals surface area contributed by atoms with Gasteiger partial charge < -0.3 is 5.32 Å². The Bertz CT molecular complexity index is 722. The third-order valence-electron chi connectivity index (χ3n) is 2.78. The zero-order chi connectivity index (χ0) is 14.7. The van der Waals surface area contributed by atoms with Crippen LogP contribution in [0.3, 0.4) is 0 Å². The SMILES string of the molecule is Cc1ccc(C(=O)Nc2cc(Cl)ccc2C#N)cc1Br. The maximum atomic E-state index is 12.2. The summed E-state index contributed by atoms with van der Waals surface area (Å²) in [6.45, 7) is 1.94. The van der Waals surface area contributed by atoms with E-state index in [1.54, 1.807) is 30.3 Å². The van der Waals surface area contributed by atoms with E-state index in [2.05, 4.69) is 21.2 Å². The van der Waals surface area contributed by atoms with Crippen molar-refractivity contribution in [2.45, 2.75) is 6.92 Å². The summed E-state index contributed by atoms with van der Waals surface area (Å²) in [4.78, 5) is 12.2. The van der Waals surface area contributed by atoms with E-state index in [0.29, 0.717) is 21.8 Å². The number of carbonyl (C=O) groups excluding carboxylic acids is 1. The van der Waals surface area contributed by atoms with Gasteiger partial charge in [0.1, 0.15) is 6.07 Å². The smallest absolute Gasteiger partial charge is 0.255 e. The zero-order valence-electron chi connectivity index (χ0n) is 10.6. The standard InChI is InChI=1S/C15H10BrClN2O/c1-9-2-3-10(6-13(9)16)15(20)19-14-7-12(17)5-4-11(14)8-18/h2-7H,1H3,(H,19,20). The lowest BCUT2D eigenvalue weighted by atomic mass is 10.1. The minimum atomic E-state index is -0.288. The van der Waals surface area contributed by atoms with Gasteiger partial charge in [0.25, 0.3) is 5.91 Å². The highest BCUT2D eigenvalue weighted by atomic mass is 79.9. The highest BCUT2D eigenvalue weighted by Crippen LogP contribution is 2.22. The fourth-order valence-electron chi connectivity index (χ4n) is 1.65. The van der Waals surface area contributed by atoms with Gasteiger partial charge in [-0.1, -0.05) is 33.6 Å². The number of aryl methyl sites for hydroxylation is 1. The molecule has 2 aromatic carbocycles. The monoisotopic (exact) mass is 348 g/mol. The predicted molar refractivity (Wildman–Crippen MR) is 83.0 cm³/mol. The second-order valence-corrected chi connectivity index (χ2v) is 5.51. The molecular formula is C15H10BrClN2O. The maximum absolute atomic E-state index is 12.2. The quantitative estimate of drug-likeness (QED) is 0.865. The molecule has 0 aliphatic carbocycles. The zero-order valence-corrected chi connectivity index (χ0v) is 12.9. The Kier molecular flexibility index (Phi) is 4.43. The number of nitrogens with one attached hydrogen (secondary N) is 1. The van der Waals surface area contributed by atoms with E-state index in [-0.39, 0.29) is 5.91 Å². The Balaban J connectivity index is 2.30. The van der Waals surface area contributed by atoms with Gasteiger partial charge >= 0.3 is 0 Å². The molecule has 0 bridgehead atoms. The van der Waals surface area contributed by atoms with Crippen LogP contribution in [0.15, 0.2) is 40.9 Å². The van der Waals surface area contributed by atoms with Crippen LogP contribution < -0.4 is 5.32 Å². The number of nitriles is 1. The molecule has 2 aromatic rings. The van der Waals surface area contributed by atoms with Crippen molar-refractivity contribution in [3.8, 4) is 6.07 Å². The van der Waals surface area contributed by atoms with Gasteiger partial charge in [-0.2, -0.15) is 5.26 Å². The van der Waals surface area contributed by atoms with Gasteiger partial charge in [-0.15, -0.1) is 0 Å². The summed E-state index contributed by atoms with van der Waals surface area (Å²) < 4.78 is 0.858. The van der Waals surface area contributed by atoms with Crippen molar-refractivity contribution in [1.29, 1.82) is 5.26 Å². The molecule has 0 unspecified atom stereocenters. The summed E-state index contributed by atoms with van der Waals surface area (Å²) >= 11 is 9.27. The number of carbonyl (C=O) groups is 1. The molecule has 20 heavy (non-hydrogen) atoms. The average molecular weight is 350 g/mol. The molecule has 0 aromatic heterocycles. The Morgan fingerprint density at radius 3 is 2.70 bits per heavy atom. The van der Waals surface area contributed by atoms with E-state index in [0.717, 1.165) is 10.0 Å². The molecular weight excluding hydrogens is 340 g/mol. The number of rotatable bonds is 2. The minimum Gasteiger partial charge on any atom is -0.321 e. The van der Waals surface area contributed by atoms with Crippen LogP contribution in [0.1, 0.15) is 21.5 Å². The fourth-order valence-corrected chi connectivity index (χ4v) is 2.20. The van der Waals surface area contributed by atoms with Crippen molar-refractivity contribution in [2.75, 3.05) is 5.32 Å². The molecule has 0 atom stereocenters. The van der Waals surface area contributed by atoms with Crippen LogP contribution in [-0.4, -0.2) is 5.91 Å². The van der Waals surface area contributed by atoms with Crippen molar-refractivity contribution in [1.82, 2.24) is 0 Å². The third-order valence-corrected chi connectivity index (χ3v) is 3.87. The van der Waals surface area contributed by atoms with E-state index in [1.807, 2.05) is 19.1 Å². The lowest BCUT2D eigenvalue weighted by molar-refractivity contribution is 0.102. The molecule has 5 heteroatoms. The molecule has 0 fully saturated rings. The lowest BCUT2D eigenvalue weighted by Gasteiger charge is -2.08. The van der Waals surface area contributed by atoms with Crippen molar-refractivity contribution in [2.24, 2.45) is 0 Å². The molecule has 0 aliphatic heterocycles. The summed E-state index contributed by atoms with van der Waals surface area (Å²) in [5.41, 5.74) is 2.32. The van der Waals surface area contributed by atoms with Crippen LogP contribution in [0.25, 0.3) is 0 Å². The van der Waals surface area contributed by atoms with Gasteiger partial charge in [0.05, 0.1) is 11.3 Å². The number of hydrogen-bond donors (Lipinski definition) is 1. The highest BCUT2D eigenvalue weighted by molar-refractivity contribution is 9.10. The molecule has 3 nitrogen and oxygen atoms in total. The van der Waals surface area contributed by atoms with Crippen LogP contribution in [0.4, 0.5) is 5.69 Å². The Morgan fingerprint density at radius 2 is 2.05 bits per heavy atom. The molecule has 0 spiro atoms. The largest absolute Gasteiger partial charge is 0.321 e. The van der Waals surface area contributed by atoms with E-state index < -0.39 is 0 Å². The lowest BCUT2D eigenvalue weighted by Crippen LogP contribution is -2.13. The molecule has 0 aliphatic rings. The topological polar surface area (TPSA) is 52.9 Å². The van der Waals surface area contributed by atoms with Crippen LogP contribution in [0.2, 0.25) is 5.02 Å². The van der Waals surface area contributed by atoms with Crippen LogP contribution in [0.5, 0.6) is 0 Å². The van der Waals surface area contributed by atoms with Gasteiger partial charge in [0, 0.05) is 15.1 Å². The summed E-state index contributed by atoms with van der Waals surface area (Å²) in [5.74, 6) is -0.288. The van der Waals surface area contributed by atoms with Crippen LogP contribution in [-0.2, 0) is 0 Å². The summed E-state index contributed by atoms with van der Waals surface area (Å²) in [6, 6.07) is 12.1. The highest BCUT2D eigenvalue weighted by Gasteiger charge is 2.10. The van der Waals surface area contributed by atoms with Crippen molar-refractivity contribution < 1.29 is 4.79 Å². The second kappa shape index (κ2) is 6.08. The van der Waals surface area contributed by atoms with Gasteiger partial charge in [-0.05, 0) is 42.8 Å². The Hall–Kier alpha value is -1.83. The molecule has 0 radical (unpaired) electrons. The van der Waals surface area contributed by atoms with Crippen molar-refractivity contribution >= 4 is 39.1 Å². The Morgan fingerprint density at radius 1 is 1.30 bits per heavy atom. The first-order valence-corrected chi connectivity index (χ1v) is 6.95. The minimum absolute atomic E-state index is 0.288. The first-order valence-electron chi connectivity index (χ1n) is 5.78. The molecule has 0 saturated carbocycles. The third kappa shape index (κ3) is 3.19. The maximum Gasteiger partial charge on any atom is 0.255 e. The summed E-state index contributed by atoms with van der Waals surface area (Å²) in [5, 5.41) is 12.2. The van der Waals surface area contributed by atoms with Gasteiger partial charge in [-0.25, -0.2) is 0 Å². The summed E-state index contributed by atoms with van der Waals surface area (Å²) in [6.07, 6.45) is 0. The number of anilines is 1. The van der Waals surface area contributed by atoms with E-state index >= 15 is 0 Å². The van der Waals surface area contributed by atoms with Crippen molar-refractivity contribution in [3.63, 3.8) is 0 Å². The normalized spacial score (nSPS) is 9.90. The molecule has 0 saturated heterocycles. The molecule has 1 amide bonds. The van der Waals surface area contributed by atoms with Gasteiger partial charge in [0.15, 0.2) is 0 Å². The van der Waals surface area contributed by atoms with E-state index in [1.165, 1.54) is 0 Å². The number of hydrogen-bond acceptors (Lipinski definition) is 2. The molecule has 1 N–H and O–H groups in total. The fraction of sp³-hybridized carbons (Fsp3) is 0.0667. The molecule has 0 heterocycles. The van der Waals surface area contributed by atoms with Crippen molar-refractivity contribution in [3.05, 3.63) is 62.6 Å². The van der Waals surface area contributed by atoms with E-state index in [9.17, 15) is 4.79 Å². The number of amides is 1. The second-order valence-electron chi connectivity index (χ2n) is 4.22. The van der Waals surface area contributed by atoms with E-state index in [4.69, 9.17) is 16.9 Å². The average Bonchev–Trinajstić information content (AvgIpc) is 2.42. The number of benzene rings is 2. The number of nitrogens with zero attached hydrogens (tertiary/aromatic N) is 1. The van der Waals surface area contributed by atoms with Crippen LogP contribution >= 0.6 is 27.5 Å². The number of halogens is 2. The summed E-state index contributed by atoms with van der Waals surface area (Å²) in [7, 11) is 0.